The van der Waals surface area contributed by atoms with Gasteiger partial charge >= 0.3 is 7.82 Å². The Labute approximate surface area is 141 Å². The largest absolute Gasteiger partial charge is 0.472 e. The summed E-state index contributed by atoms with van der Waals surface area (Å²) in [7, 11) is -4.01. The first kappa shape index (κ1) is 26.9. The number of rotatable bonds is 13. The molecule has 0 saturated heterocycles. The highest BCUT2D eigenvalue weighted by Gasteiger charge is 2.19. The Balaban J connectivity index is -0.00000200. The third-order valence-corrected chi connectivity index (χ3v) is 3.76. The Morgan fingerprint density at radius 2 is 1.65 bits per heavy atom. The zero-order chi connectivity index (χ0) is 16.1. The number of unbranched alkanes of at least 4 members (excludes halogenated alkanes) is 4. The number of phosphoric ester groups is 1. The van der Waals surface area contributed by atoms with E-state index >= 15 is 0 Å². The van der Waals surface area contributed by atoms with Crippen molar-refractivity contribution in [2.45, 2.75) is 66.7 Å². The average Bonchev–Trinajstić information content (AvgIpc) is 2.41. The second-order valence-corrected chi connectivity index (χ2v) is 6.22. The Bertz CT molecular complexity index is 417. The van der Waals surface area contributed by atoms with Crippen molar-refractivity contribution < 1.29 is 23.3 Å². The van der Waals surface area contributed by atoms with Crippen LogP contribution in [0.25, 0.3) is 0 Å². The maximum absolute atomic E-state index is 11.3. The molecule has 0 heterocycles. The molecule has 136 valence electrons. The van der Waals surface area contributed by atoms with Crippen molar-refractivity contribution in [1.29, 1.82) is 5.26 Å². The molecule has 0 fully saturated rings. The summed E-state index contributed by atoms with van der Waals surface area (Å²) < 4.78 is 20.7. The Hall–Kier alpha value is -0.990. The van der Waals surface area contributed by atoms with Gasteiger partial charge in [0, 0.05) is 6.42 Å². The van der Waals surface area contributed by atoms with Gasteiger partial charge in [-0.3, -0.25) is 13.8 Å². The molecule has 1 unspecified atom stereocenters. The number of hydrogen-bond acceptors (Lipinski definition) is 5. The number of ketones is 1. The highest BCUT2D eigenvalue weighted by atomic mass is 31.2. The van der Waals surface area contributed by atoms with E-state index in [0.29, 0.717) is 18.4 Å². The minimum Gasteiger partial charge on any atom is -0.302 e. The van der Waals surface area contributed by atoms with E-state index in [1.165, 1.54) is 0 Å². The van der Waals surface area contributed by atoms with Gasteiger partial charge in [-0.1, -0.05) is 40.7 Å². The number of nitrogens with zero attached hydrogens (tertiary/aromatic N) is 1. The fraction of sp³-hybridized carbons (Fsp3) is 0.750. The van der Waals surface area contributed by atoms with Crippen LogP contribution in [0.1, 0.15) is 66.7 Å². The summed E-state index contributed by atoms with van der Waals surface area (Å²) >= 11 is 0. The molecule has 7 heteroatoms. The van der Waals surface area contributed by atoms with Crippen molar-refractivity contribution in [2.75, 3.05) is 13.2 Å². The molecule has 0 aliphatic heterocycles. The molecule has 0 rings (SSSR count). The second-order valence-electron chi connectivity index (χ2n) is 4.76. The molecular weight excluding hydrogens is 317 g/mol. The average molecular weight is 349 g/mol. The van der Waals surface area contributed by atoms with Gasteiger partial charge in [0.05, 0.1) is 25.7 Å². The molecule has 0 amide bonds. The predicted molar refractivity (Wildman–Crippen MR) is 92.9 cm³/mol. The molecule has 1 N–H and O–H groups in total. The molecule has 0 aromatic rings. The van der Waals surface area contributed by atoms with Gasteiger partial charge in [0.1, 0.15) is 0 Å². The smallest absolute Gasteiger partial charge is 0.302 e. The molecule has 23 heavy (non-hydrogen) atoms. The van der Waals surface area contributed by atoms with Crippen molar-refractivity contribution in [2.24, 2.45) is 0 Å². The lowest BCUT2D eigenvalue weighted by molar-refractivity contribution is -0.115. The minimum absolute atomic E-state index is 0. The normalized spacial score (nSPS) is 12.2. The van der Waals surface area contributed by atoms with Crippen LogP contribution in [-0.2, 0) is 18.4 Å². The summed E-state index contributed by atoms with van der Waals surface area (Å²) in [5.41, 5.74) is 0.596. The van der Waals surface area contributed by atoms with Gasteiger partial charge in [-0.25, -0.2) is 4.57 Å². The quantitative estimate of drug-likeness (QED) is 0.292. The standard InChI is InChI=1S/C14H24NO5P.2CH4/c1-13(2)14(16)9-6-4-3-5-7-11-19-21(17,18)20-12-8-10-15;;/h1,3-9,11-12H2,2H3,(H,17,18);2*1H4. The maximum atomic E-state index is 11.3. The maximum Gasteiger partial charge on any atom is 0.472 e. The molecule has 0 bridgehead atoms. The van der Waals surface area contributed by atoms with Gasteiger partial charge in [0.15, 0.2) is 5.78 Å². The fourth-order valence-electron chi connectivity index (χ4n) is 1.56. The monoisotopic (exact) mass is 349 g/mol. The first-order valence-electron chi connectivity index (χ1n) is 7.06. The lowest BCUT2D eigenvalue weighted by atomic mass is 10.1. The third kappa shape index (κ3) is 17.2. The summed E-state index contributed by atoms with van der Waals surface area (Å²) in [5, 5.41) is 8.28. The predicted octanol–water partition coefficient (Wildman–Crippen LogP) is 4.79. The Kier molecular flexibility index (Phi) is 18.6. The molecule has 0 spiro atoms. The van der Waals surface area contributed by atoms with Gasteiger partial charge in [0.25, 0.3) is 0 Å². The second kappa shape index (κ2) is 15.9. The summed E-state index contributed by atoms with van der Waals surface area (Å²) in [6, 6.07) is 1.81. The highest BCUT2D eigenvalue weighted by molar-refractivity contribution is 7.47. The number of allylic oxidation sites excluding steroid dienone is 1. The van der Waals surface area contributed by atoms with E-state index in [2.05, 4.69) is 11.1 Å². The van der Waals surface area contributed by atoms with E-state index in [1.54, 1.807) is 6.92 Å². The van der Waals surface area contributed by atoms with Crippen LogP contribution in [0.4, 0.5) is 0 Å². The van der Waals surface area contributed by atoms with Gasteiger partial charge in [-0.2, -0.15) is 5.26 Å². The lowest BCUT2D eigenvalue weighted by Crippen LogP contribution is -1.99. The van der Waals surface area contributed by atoms with Gasteiger partial charge in [-0.15, -0.1) is 0 Å². The SMILES string of the molecule is C.C.C=C(C)C(=O)CCCCCCCOP(=O)(O)OCCC#N. The molecule has 0 aliphatic rings. The molecule has 0 saturated carbocycles. The molecule has 0 aromatic heterocycles. The lowest BCUT2D eigenvalue weighted by Gasteiger charge is -2.10. The van der Waals surface area contributed by atoms with Gasteiger partial charge in [-0.05, 0) is 25.3 Å². The van der Waals surface area contributed by atoms with Crippen LogP contribution in [0.5, 0.6) is 0 Å². The van der Waals surface area contributed by atoms with Crippen molar-refractivity contribution in [3.63, 3.8) is 0 Å². The summed E-state index contributed by atoms with van der Waals surface area (Å²) in [4.78, 5) is 20.5. The zero-order valence-corrected chi connectivity index (χ0v) is 13.4. The molecule has 0 aliphatic carbocycles. The number of Topliss-reactive ketones (excluding diaryl/α,β-unsaturated/α-hetero) is 1. The number of phosphoric acid groups is 1. The van der Waals surface area contributed by atoms with E-state index in [-0.39, 0.29) is 40.3 Å². The van der Waals surface area contributed by atoms with Crippen molar-refractivity contribution in [3.8, 4) is 6.07 Å². The van der Waals surface area contributed by atoms with E-state index in [9.17, 15) is 14.3 Å². The first-order valence-corrected chi connectivity index (χ1v) is 8.56. The molecule has 0 aromatic carbocycles. The van der Waals surface area contributed by atoms with Crippen LogP contribution < -0.4 is 0 Å². The topological polar surface area (TPSA) is 96.6 Å². The van der Waals surface area contributed by atoms with Crippen molar-refractivity contribution in [3.05, 3.63) is 12.2 Å². The highest BCUT2D eigenvalue weighted by Crippen LogP contribution is 2.43. The van der Waals surface area contributed by atoms with Gasteiger partial charge < -0.3 is 4.89 Å². The fourth-order valence-corrected chi connectivity index (χ4v) is 2.31. The van der Waals surface area contributed by atoms with Crippen molar-refractivity contribution in [1.82, 2.24) is 0 Å². The minimum atomic E-state index is -4.01. The van der Waals surface area contributed by atoms with Crippen molar-refractivity contribution >= 4 is 13.6 Å². The number of carbonyl (C=O) groups excluding carboxylic acids is 1. The van der Waals surface area contributed by atoms with Crippen LogP contribution in [0.2, 0.25) is 0 Å². The van der Waals surface area contributed by atoms with E-state index < -0.39 is 7.82 Å². The van der Waals surface area contributed by atoms with E-state index in [4.69, 9.17) is 9.79 Å². The van der Waals surface area contributed by atoms with Gasteiger partial charge in [0.2, 0.25) is 0 Å². The summed E-state index contributed by atoms with van der Waals surface area (Å²) in [6.07, 6.45) is 4.82. The van der Waals surface area contributed by atoms with E-state index in [1.807, 2.05) is 6.07 Å². The van der Waals surface area contributed by atoms with Crippen LogP contribution in [0, 0.1) is 11.3 Å². The van der Waals surface area contributed by atoms with Crippen LogP contribution in [0.3, 0.4) is 0 Å². The molecule has 0 radical (unpaired) electrons. The third-order valence-electron chi connectivity index (χ3n) is 2.75. The Morgan fingerprint density at radius 1 is 1.13 bits per heavy atom. The Morgan fingerprint density at radius 3 is 2.22 bits per heavy atom. The molecule has 6 nitrogen and oxygen atoms in total. The summed E-state index contributed by atoms with van der Waals surface area (Å²) in [5.74, 6) is 0.106. The first-order chi connectivity index (χ1) is 9.89. The molecular formula is C16H32NO5P. The van der Waals surface area contributed by atoms with E-state index in [0.717, 1.165) is 25.7 Å². The zero-order valence-electron chi connectivity index (χ0n) is 12.5. The van der Waals surface area contributed by atoms with Crippen LogP contribution in [0.15, 0.2) is 12.2 Å². The van der Waals surface area contributed by atoms with Crippen LogP contribution in [-0.4, -0.2) is 23.9 Å². The molecule has 1 atom stereocenters. The summed E-state index contributed by atoms with van der Waals surface area (Å²) in [6.45, 7) is 5.35. The number of nitriles is 1. The van der Waals surface area contributed by atoms with Crippen LogP contribution >= 0.6 is 7.82 Å². The number of hydrogen-bond donors (Lipinski definition) is 1. The number of carbonyl (C=O) groups is 1.